The number of nitrogens with two attached hydrogens (primary N) is 1. The molecule has 2 atom stereocenters. The molecular weight excluding hydrogens is 308 g/mol. The van der Waals surface area contributed by atoms with E-state index < -0.39 is 6.04 Å². The van der Waals surface area contributed by atoms with E-state index in [4.69, 9.17) is 10.5 Å². The van der Waals surface area contributed by atoms with E-state index >= 15 is 0 Å². The van der Waals surface area contributed by atoms with Crippen LogP contribution in [-0.2, 0) is 9.53 Å². The highest BCUT2D eigenvalue weighted by Crippen LogP contribution is 2.28. The van der Waals surface area contributed by atoms with E-state index in [1.165, 1.54) is 0 Å². The second-order valence-electron chi connectivity index (χ2n) is 4.68. The molecule has 1 saturated heterocycles. The Labute approximate surface area is 122 Å². The molecule has 0 aliphatic carbocycles. The maximum absolute atomic E-state index is 12.1. The molecule has 19 heavy (non-hydrogen) atoms. The van der Waals surface area contributed by atoms with Crippen LogP contribution in [0, 0.1) is 0 Å². The minimum atomic E-state index is -0.405. The van der Waals surface area contributed by atoms with E-state index in [2.05, 4.69) is 15.9 Å². The normalized spacial score (nSPS) is 21.2. The van der Waals surface area contributed by atoms with Gasteiger partial charge in [0, 0.05) is 11.0 Å². The van der Waals surface area contributed by atoms with Gasteiger partial charge >= 0.3 is 0 Å². The van der Waals surface area contributed by atoms with Gasteiger partial charge in [0.1, 0.15) is 6.10 Å². The monoisotopic (exact) mass is 326 g/mol. The molecule has 1 amide bonds. The van der Waals surface area contributed by atoms with Crippen LogP contribution in [0.3, 0.4) is 0 Å². The first-order valence-corrected chi connectivity index (χ1v) is 7.33. The van der Waals surface area contributed by atoms with Crippen molar-refractivity contribution in [1.29, 1.82) is 0 Å². The number of carbonyl (C=O) groups is 1. The van der Waals surface area contributed by atoms with Gasteiger partial charge in [-0.2, -0.15) is 0 Å². The first-order chi connectivity index (χ1) is 9.13. The Kier molecular flexibility index (Phi) is 4.96. The Bertz CT molecular complexity index is 453. The summed E-state index contributed by atoms with van der Waals surface area (Å²) < 4.78 is 6.78. The SMILES string of the molecule is CC[C@H](N)C(=O)N1CCO[C@@H](c2ccccc2Br)C1. The first-order valence-electron chi connectivity index (χ1n) is 6.54. The zero-order valence-corrected chi connectivity index (χ0v) is 12.6. The molecule has 0 unspecified atom stereocenters. The van der Waals surface area contributed by atoms with Crippen LogP contribution in [0.15, 0.2) is 28.7 Å². The van der Waals surface area contributed by atoms with E-state index in [1.54, 1.807) is 0 Å². The highest BCUT2D eigenvalue weighted by Gasteiger charge is 2.28. The predicted octanol–water partition coefficient (Wildman–Crippen LogP) is 2.09. The van der Waals surface area contributed by atoms with E-state index in [1.807, 2.05) is 36.1 Å². The van der Waals surface area contributed by atoms with Crippen molar-refractivity contribution >= 4 is 21.8 Å². The Morgan fingerprint density at radius 2 is 2.32 bits per heavy atom. The number of ether oxygens (including phenoxy) is 1. The van der Waals surface area contributed by atoms with Gasteiger partial charge in [-0.3, -0.25) is 4.79 Å². The summed E-state index contributed by atoms with van der Waals surface area (Å²) in [4.78, 5) is 13.9. The number of hydrogen-bond donors (Lipinski definition) is 1. The fourth-order valence-corrected chi connectivity index (χ4v) is 2.72. The largest absolute Gasteiger partial charge is 0.370 e. The maximum atomic E-state index is 12.1. The van der Waals surface area contributed by atoms with E-state index in [0.29, 0.717) is 26.1 Å². The zero-order valence-electron chi connectivity index (χ0n) is 11.0. The molecule has 1 aromatic carbocycles. The molecule has 0 bridgehead atoms. The van der Waals surface area contributed by atoms with Crippen LogP contribution in [0.1, 0.15) is 25.0 Å². The third kappa shape index (κ3) is 3.35. The molecule has 1 heterocycles. The van der Waals surface area contributed by atoms with Crippen molar-refractivity contribution < 1.29 is 9.53 Å². The predicted molar refractivity (Wildman–Crippen MR) is 77.7 cm³/mol. The number of carbonyl (C=O) groups excluding carboxylic acids is 1. The molecule has 1 fully saturated rings. The van der Waals surface area contributed by atoms with Crippen LogP contribution in [0.2, 0.25) is 0 Å². The lowest BCUT2D eigenvalue weighted by atomic mass is 10.1. The smallest absolute Gasteiger partial charge is 0.239 e. The van der Waals surface area contributed by atoms with Gasteiger partial charge in [0.2, 0.25) is 5.91 Å². The summed E-state index contributed by atoms with van der Waals surface area (Å²) in [6, 6.07) is 7.53. The number of hydrogen-bond acceptors (Lipinski definition) is 3. The molecule has 1 aliphatic rings. The second-order valence-corrected chi connectivity index (χ2v) is 5.53. The number of nitrogens with zero attached hydrogens (tertiary/aromatic N) is 1. The topological polar surface area (TPSA) is 55.6 Å². The van der Waals surface area contributed by atoms with E-state index in [-0.39, 0.29) is 12.0 Å². The number of benzene rings is 1. The summed E-state index contributed by atoms with van der Waals surface area (Å²) >= 11 is 3.52. The van der Waals surface area contributed by atoms with Crippen LogP contribution in [-0.4, -0.2) is 36.5 Å². The fourth-order valence-electron chi connectivity index (χ4n) is 2.18. The Balaban J connectivity index is 2.09. The summed E-state index contributed by atoms with van der Waals surface area (Å²) in [6.45, 7) is 3.66. The van der Waals surface area contributed by atoms with Crippen molar-refractivity contribution in [1.82, 2.24) is 4.90 Å². The van der Waals surface area contributed by atoms with Crippen LogP contribution in [0.4, 0.5) is 0 Å². The minimum absolute atomic E-state index is 0.0165. The molecule has 1 aromatic rings. The lowest BCUT2D eigenvalue weighted by Gasteiger charge is -2.34. The van der Waals surface area contributed by atoms with E-state index in [9.17, 15) is 4.79 Å². The summed E-state index contributed by atoms with van der Waals surface area (Å²) in [6.07, 6.45) is 0.577. The van der Waals surface area contributed by atoms with Crippen molar-refractivity contribution in [3.63, 3.8) is 0 Å². The quantitative estimate of drug-likeness (QED) is 0.925. The summed E-state index contributed by atoms with van der Waals surface area (Å²) in [7, 11) is 0. The van der Waals surface area contributed by atoms with Crippen LogP contribution in [0.5, 0.6) is 0 Å². The van der Waals surface area contributed by atoms with Crippen molar-refractivity contribution in [3.8, 4) is 0 Å². The average molecular weight is 327 g/mol. The highest BCUT2D eigenvalue weighted by atomic mass is 79.9. The average Bonchev–Trinajstić information content (AvgIpc) is 2.46. The van der Waals surface area contributed by atoms with Gasteiger partial charge in [0.05, 0.1) is 19.2 Å². The third-order valence-electron chi connectivity index (χ3n) is 3.39. The van der Waals surface area contributed by atoms with Crippen LogP contribution >= 0.6 is 15.9 Å². The van der Waals surface area contributed by atoms with Crippen molar-refractivity contribution in [2.24, 2.45) is 5.73 Å². The van der Waals surface area contributed by atoms with Gasteiger partial charge < -0.3 is 15.4 Å². The molecule has 0 spiro atoms. The van der Waals surface area contributed by atoms with Gasteiger partial charge in [0.25, 0.3) is 0 Å². The molecule has 0 aromatic heterocycles. The summed E-state index contributed by atoms with van der Waals surface area (Å²) in [5, 5.41) is 0. The Morgan fingerprint density at radius 1 is 1.58 bits per heavy atom. The molecule has 4 nitrogen and oxygen atoms in total. The van der Waals surface area contributed by atoms with Crippen LogP contribution in [0.25, 0.3) is 0 Å². The summed E-state index contributed by atoms with van der Waals surface area (Å²) in [5.41, 5.74) is 6.89. The molecule has 0 radical (unpaired) electrons. The van der Waals surface area contributed by atoms with E-state index in [0.717, 1.165) is 10.0 Å². The number of morpholine rings is 1. The Morgan fingerprint density at radius 3 is 3.00 bits per heavy atom. The number of rotatable bonds is 3. The zero-order chi connectivity index (χ0) is 13.8. The summed E-state index contributed by atoms with van der Waals surface area (Å²) in [5.74, 6) is 0.0165. The molecular formula is C14H19BrN2O2. The van der Waals surface area contributed by atoms with Crippen molar-refractivity contribution in [2.45, 2.75) is 25.5 Å². The second kappa shape index (κ2) is 6.50. The van der Waals surface area contributed by atoms with Gasteiger partial charge in [-0.05, 0) is 18.1 Å². The molecule has 2 rings (SSSR count). The van der Waals surface area contributed by atoms with Gasteiger partial charge in [-0.1, -0.05) is 41.1 Å². The number of halogens is 1. The first kappa shape index (κ1) is 14.5. The maximum Gasteiger partial charge on any atom is 0.239 e. The molecule has 0 saturated carbocycles. The minimum Gasteiger partial charge on any atom is -0.370 e. The molecule has 1 aliphatic heterocycles. The molecule has 104 valence electrons. The van der Waals surface area contributed by atoms with Crippen LogP contribution < -0.4 is 5.73 Å². The highest BCUT2D eigenvalue weighted by molar-refractivity contribution is 9.10. The van der Waals surface area contributed by atoms with Gasteiger partial charge in [-0.25, -0.2) is 0 Å². The molecule has 5 heteroatoms. The van der Waals surface area contributed by atoms with Crippen molar-refractivity contribution in [3.05, 3.63) is 34.3 Å². The van der Waals surface area contributed by atoms with Gasteiger partial charge in [0.15, 0.2) is 0 Å². The third-order valence-corrected chi connectivity index (χ3v) is 4.11. The van der Waals surface area contributed by atoms with Gasteiger partial charge in [-0.15, -0.1) is 0 Å². The van der Waals surface area contributed by atoms with Crippen molar-refractivity contribution in [2.75, 3.05) is 19.7 Å². The fraction of sp³-hybridized carbons (Fsp3) is 0.500. The lowest BCUT2D eigenvalue weighted by molar-refractivity contribution is -0.140. The lowest BCUT2D eigenvalue weighted by Crippen LogP contribution is -2.49. The molecule has 2 N–H and O–H groups in total. The number of amides is 1. The standard InChI is InChI=1S/C14H19BrN2O2/c1-2-12(16)14(18)17-7-8-19-13(9-17)10-5-3-4-6-11(10)15/h3-6,12-13H,2,7-9,16H2,1H3/t12-,13+/m0/s1. The Hall–Kier alpha value is -0.910.